The Labute approximate surface area is 102 Å². The highest BCUT2D eigenvalue weighted by Crippen LogP contribution is 2.06. The van der Waals surface area contributed by atoms with Crippen LogP contribution < -0.4 is 11.1 Å². The maximum Gasteiger partial charge on any atom is 0.251 e. The van der Waals surface area contributed by atoms with E-state index < -0.39 is 0 Å². The number of benzene rings is 1. The molecule has 0 saturated carbocycles. The van der Waals surface area contributed by atoms with E-state index in [-0.39, 0.29) is 5.91 Å². The average Bonchev–Trinajstić information content (AvgIpc) is 2.36. The number of carbonyl (C=O) groups is 1. The summed E-state index contributed by atoms with van der Waals surface area (Å²) in [6.45, 7) is 3.69. The zero-order chi connectivity index (χ0) is 12.7. The highest BCUT2D eigenvalue weighted by atomic mass is 16.5. The molecule has 0 aliphatic carbocycles. The van der Waals surface area contributed by atoms with Gasteiger partial charge >= 0.3 is 0 Å². The van der Waals surface area contributed by atoms with Crippen LogP contribution in [-0.4, -0.2) is 26.1 Å². The molecule has 1 aromatic carbocycles. The van der Waals surface area contributed by atoms with Crippen LogP contribution in [0.5, 0.6) is 0 Å². The van der Waals surface area contributed by atoms with Crippen molar-refractivity contribution in [2.45, 2.75) is 13.5 Å². The maximum absolute atomic E-state index is 11.8. The normalized spacial score (nSPS) is 12.2. The fourth-order valence-corrected chi connectivity index (χ4v) is 1.42. The molecule has 0 radical (unpaired) electrons. The van der Waals surface area contributed by atoms with Crippen molar-refractivity contribution in [2.75, 3.05) is 20.2 Å². The number of nitrogens with two attached hydrogens (primary N) is 1. The Morgan fingerprint density at radius 3 is 2.94 bits per heavy atom. The second-order valence-corrected chi connectivity index (χ2v) is 4.18. The SMILES string of the molecule is COCc1cccc(C(=O)NCC(C)CN)c1. The van der Waals surface area contributed by atoms with Gasteiger partial charge in [-0.15, -0.1) is 0 Å². The molecule has 94 valence electrons. The lowest BCUT2D eigenvalue weighted by atomic mass is 10.1. The number of hydrogen-bond acceptors (Lipinski definition) is 3. The van der Waals surface area contributed by atoms with E-state index in [0.29, 0.717) is 31.2 Å². The molecule has 0 aliphatic heterocycles. The number of nitrogens with one attached hydrogen (secondary N) is 1. The molecule has 0 heterocycles. The van der Waals surface area contributed by atoms with Gasteiger partial charge in [-0.2, -0.15) is 0 Å². The van der Waals surface area contributed by atoms with Gasteiger partial charge in [0.25, 0.3) is 5.91 Å². The molecule has 0 spiro atoms. The highest BCUT2D eigenvalue weighted by molar-refractivity contribution is 5.94. The van der Waals surface area contributed by atoms with Crippen LogP contribution >= 0.6 is 0 Å². The van der Waals surface area contributed by atoms with Crippen LogP contribution in [0.1, 0.15) is 22.8 Å². The Kier molecular flexibility index (Phi) is 5.66. The standard InChI is InChI=1S/C13H20N2O2/c1-10(7-14)8-15-13(16)12-5-3-4-11(6-12)9-17-2/h3-6,10H,7-9,14H2,1-2H3,(H,15,16). The molecular formula is C13H20N2O2. The molecule has 0 saturated heterocycles. The van der Waals surface area contributed by atoms with Crippen molar-refractivity contribution in [3.05, 3.63) is 35.4 Å². The number of ether oxygens (including phenoxy) is 1. The summed E-state index contributed by atoms with van der Waals surface area (Å²) < 4.78 is 5.03. The first-order chi connectivity index (χ1) is 8.17. The van der Waals surface area contributed by atoms with E-state index in [9.17, 15) is 4.79 Å². The van der Waals surface area contributed by atoms with Gasteiger partial charge in [-0.3, -0.25) is 4.79 Å². The minimum Gasteiger partial charge on any atom is -0.380 e. The topological polar surface area (TPSA) is 64.3 Å². The van der Waals surface area contributed by atoms with Gasteiger partial charge in [0.05, 0.1) is 6.61 Å². The van der Waals surface area contributed by atoms with E-state index >= 15 is 0 Å². The van der Waals surface area contributed by atoms with E-state index in [0.717, 1.165) is 5.56 Å². The number of carbonyl (C=O) groups excluding carboxylic acids is 1. The van der Waals surface area contributed by atoms with Gasteiger partial charge in [-0.25, -0.2) is 0 Å². The highest BCUT2D eigenvalue weighted by Gasteiger charge is 2.07. The van der Waals surface area contributed by atoms with Gasteiger partial charge in [-0.05, 0) is 30.2 Å². The van der Waals surface area contributed by atoms with Crippen LogP contribution in [0.3, 0.4) is 0 Å². The van der Waals surface area contributed by atoms with Crippen LogP contribution in [0.2, 0.25) is 0 Å². The van der Waals surface area contributed by atoms with Crippen molar-refractivity contribution in [1.29, 1.82) is 0 Å². The molecule has 1 rings (SSSR count). The molecule has 1 amide bonds. The van der Waals surface area contributed by atoms with Crippen molar-refractivity contribution >= 4 is 5.91 Å². The quantitative estimate of drug-likeness (QED) is 0.779. The third kappa shape index (κ3) is 4.54. The van der Waals surface area contributed by atoms with Crippen molar-refractivity contribution in [3.63, 3.8) is 0 Å². The van der Waals surface area contributed by atoms with E-state index in [1.54, 1.807) is 13.2 Å². The van der Waals surface area contributed by atoms with E-state index in [1.807, 2.05) is 25.1 Å². The zero-order valence-corrected chi connectivity index (χ0v) is 10.4. The number of hydrogen-bond donors (Lipinski definition) is 2. The van der Waals surface area contributed by atoms with Crippen molar-refractivity contribution in [1.82, 2.24) is 5.32 Å². The minimum atomic E-state index is -0.0664. The maximum atomic E-state index is 11.8. The summed E-state index contributed by atoms with van der Waals surface area (Å²) in [6, 6.07) is 7.42. The predicted octanol–water partition coefficient (Wildman–Crippen LogP) is 1.16. The molecule has 1 unspecified atom stereocenters. The monoisotopic (exact) mass is 236 g/mol. The van der Waals surface area contributed by atoms with Gasteiger partial charge in [0, 0.05) is 19.2 Å². The van der Waals surface area contributed by atoms with Gasteiger partial charge in [-0.1, -0.05) is 19.1 Å². The smallest absolute Gasteiger partial charge is 0.251 e. The molecule has 4 nitrogen and oxygen atoms in total. The summed E-state index contributed by atoms with van der Waals surface area (Å²) in [5.74, 6) is 0.226. The lowest BCUT2D eigenvalue weighted by Crippen LogP contribution is -2.31. The van der Waals surface area contributed by atoms with Crippen molar-refractivity contribution in [3.8, 4) is 0 Å². The Hall–Kier alpha value is -1.39. The van der Waals surface area contributed by atoms with Gasteiger partial charge in [0.1, 0.15) is 0 Å². The van der Waals surface area contributed by atoms with Crippen LogP contribution in [0.25, 0.3) is 0 Å². The number of amides is 1. The molecule has 0 aromatic heterocycles. The Balaban J connectivity index is 2.59. The fourth-order valence-electron chi connectivity index (χ4n) is 1.42. The summed E-state index contributed by atoms with van der Waals surface area (Å²) in [5, 5.41) is 2.86. The zero-order valence-electron chi connectivity index (χ0n) is 10.4. The molecule has 1 atom stereocenters. The molecule has 4 heteroatoms. The predicted molar refractivity (Wildman–Crippen MR) is 67.7 cm³/mol. The molecule has 17 heavy (non-hydrogen) atoms. The molecule has 3 N–H and O–H groups in total. The summed E-state index contributed by atoms with van der Waals surface area (Å²) in [6.07, 6.45) is 0. The average molecular weight is 236 g/mol. The first-order valence-electron chi connectivity index (χ1n) is 5.73. The van der Waals surface area contributed by atoms with E-state index in [4.69, 9.17) is 10.5 Å². The summed E-state index contributed by atoms with van der Waals surface area (Å²) >= 11 is 0. The minimum absolute atomic E-state index is 0.0664. The Morgan fingerprint density at radius 1 is 1.53 bits per heavy atom. The van der Waals surface area contributed by atoms with Crippen LogP contribution in [0.15, 0.2) is 24.3 Å². The lowest BCUT2D eigenvalue weighted by molar-refractivity contribution is 0.0948. The van der Waals surface area contributed by atoms with Crippen molar-refractivity contribution < 1.29 is 9.53 Å². The number of methoxy groups -OCH3 is 1. The lowest BCUT2D eigenvalue weighted by Gasteiger charge is -2.10. The van der Waals surface area contributed by atoms with E-state index in [2.05, 4.69) is 5.32 Å². The molecule has 0 bridgehead atoms. The summed E-state index contributed by atoms with van der Waals surface area (Å²) in [5.41, 5.74) is 7.14. The first-order valence-corrected chi connectivity index (χ1v) is 5.73. The van der Waals surface area contributed by atoms with Crippen molar-refractivity contribution in [2.24, 2.45) is 11.7 Å². The summed E-state index contributed by atoms with van der Waals surface area (Å²) in [4.78, 5) is 11.8. The first kappa shape index (κ1) is 13.7. The molecule has 0 fully saturated rings. The number of rotatable bonds is 6. The fraction of sp³-hybridized carbons (Fsp3) is 0.462. The molecular weight excluding hydrogens is 216 g/mol. The molecule has 0 aliphatic rings. The largest absolute Gasteiger partial charge is 0.380 e. The summed E-state index contributed by atoms with van der Waals surface area (Å²) in [7, 11) is 1.63. The van der Waals surface area contributed by atoms with Crippen LogP contribution in [-0.2, 0) is 11.3 Å². The molecule has 1 aromatic rings. The third-order valence-electron chi connectivity index (χ3n) is 2.51. The van der Waals surface area contributed by atoms with Gasteiger partial charge < -0.3 is 15.8 Å². The van der Waals surface area contributed by atoms with Gasteiger partial charge in [0.15, 0.2) is 0 Å². The second kappa shape index (κ2) is 7.04. The van der Waals surface area contributed by atoms with Crippen LogP contribution in [0, 0.1) is 5.92 Å². The second-order valence-electron chi connectivity index (χ2n) is 4.18. The Bertz CT molecular complexity index is 366. The third-order valence-corrected chi connectivity index (χ3v) is 2.51. The van der Waals surface area contributed by atoms with E-state index in [1.165, 1.54) is 0 Å². The van der Waals surface area contributed by atoms with Crippen LogP contribution in [0.4, 0.5) is 0 Å². The Morgan fingerprint density at radius 2 is 2.29 bits per heavy atom. The van der Waals surface area contributed by atoms with Gasteiger partial charge in [0.2, 0.25) is 0 Å².